The third-order valence-electron chi connectivity index (χ3n) is 5.72. The number of thiophene rings is 1. The van der Waals surface area contributed by atoms with Crippen molar-refractivity contribution >= 4 is 34.7 Å². The quantitative estimate of drug-likeness (QED) is 0.763. The molecule has 1 aromatic heterocycles. The van der Waals surface area contributed by atoms with Gasteiger partial charge in [-0.05, 0) is 23.6 Å². The minimum Gasteiger partial charge on any atom is -0.351 e. The van der Waals surface area contributed by atoms with Crippen LogP contribution < -0.4 is 10.2 Å². The molecule has 0 bridgehead atoms. The first-order chi connectivity index (χ1) is 14.6. The molecule has 158 valence electrons. The average Bonchev–Trinajstić information content (AvgIpc) is 3.44. The molecule has 1 unspecified atom stereocenters. The molecule has 0 spiro atoms. The average molecular weight is 427 g/mol. The summed E-state index contributed by atoms with van der Waals surface area (Å²) in [5.41, 5.74) is 1.55. The molecule has 7 nitrogen and oxygen atoms in total. The number of hydrogen-bond acceptors (Lipinski definition) is 5. The SMILES string of the molecule is O=C(NCCN1CCN(C(=O)C2CC(=O)N(c3ccccc3)C2)CC1)c1ccsc1. The fraction of sp³-hybridized carbons (Fsp3) is 0.409. The van der Waals surface area contributed by atoms with Crippen LogP contribution in [-0.2, 0) is 9.59 Å². The van der Waals surface area contributed by atoms with Crippen LogP contribution in [0.5, 0.6) is 0 Å². The zero-order valence-corrected chi connectivity index (χ0v) is 17.6. The summed E-state index contributed by atoms with van der Waals surface area (Å²) in [5.74, 6) is -0.222. The normalized spacial score (nSPS) is 19.9. The second-order valence-corrected chi connectivity index (χ2v) is 8.46. The lowest BCUT2D eigenvalue weighted by Crippen LogP contribution is -2.51. The minimum atomic E-state index is -0.269. The molecule has 2 saturated heterocycles. The van der Waals surface area contributed by atoms with Gasteiger partial charge in [0, 0.05) is 68.9 Å². The molecule has 1 aromatic carbocycles. The van der Waals surface area contributed by atoms with E-state index in [4.69, 9.17) is 0 Å². The van der Waals surface area contributed by atoms with Crippen molar-refractivity contribution in [3.05, 3.63) is 52.7 Å². The Balaban J connectivity index is 1.21. The maximum absolute atomic E-state index is 12.9. The second-order valence-electron chi connectivity index (χ2n) is 7.68. The summed E-state index contributed by atoms with van der Waals surface area (Å²) in [6, 6.07) is 11.3. The number of carbonyl (C=O) groups excluding carboxylic acids is 3. The van der Waals surface area contributed by atoms with Gasteiger partial charge in [0.1, 0.15) is 0 Å². The molecular formula is C22H26N4O3S. The Morgan fingerprint density at radius 1 is 1.07 bits per heavy atom. The molecule has 1 N–H and O–H groups in total. The predicted molar refractivity (Wildman–Crippen MR) is 117 cm³/mol. The minimum absolute atomic E-state index is 0.0135. The van der Waals surface area contributed by atoms with Crippen molar-refractivity contribution in [1.29, 1.82) is 0 Å². The lowest BCUT2D eigenvalue weighted by atomic mass is 10.1. The van der Waals surface area contributed by atoms with Crippen molar-refractivity contribution in [2.24, 2.45) is 5.92 Å². The van der Waals surface area contributed by atoms with E-state index in [1.54, 1.807) is 4.90 Å². The summed E-state index contributed by atoms with van der Waals surface area (Å²) in [7, 11) is 0. The van der Waals surface area contributed by atoms with Crippen LogP contribution in [0.2, 0.25) is 0 Å². The van der Waals surface area contributed by atoms with E-state index in [0.29, 0.717) is 31.7 Å². The molecular weight excluding hydrogens is 400 g/mol. The Bertz CT molecular complexity index is 879. The molecule has 2 aliphatic rings. The summed E-state index contributed by atoms with van der Waals surface area (Å²) in [6.45, 7) is 4.69. The molecule has 2 aliphatic heterocycles. The van der Waals surface area contributed by atoms with Crippen LogP contribution >= 0.6 is 11.3 Å². The fourth-order valence-electron chi connectivity index (χ4n) is 4.00. The first-order valence-electron chi connectivity index (χ1n) is 10.3. The largest absolute Gasteiger partial charge is 0.351 e. The highest BCUT2D eigenvalue weighted by Crippen LogP contribution is 2.26. The molecule has 0 aliphatic carbocycles. The van der Waals surface area contributed by atoms with Gasteiger partial charge in [-0.25, -0.2) is 0 Å². The van der Waals surface area contributed by atoms with E-state index in [1.807, 2.05) is 52.1 Å². The van der Waals surface area contributed by atoms with Crippen LogP contribution in [0.1, 0.15) is 16.8 Å². The molecule has 0 radical (unpaired) electrons. The molecule has 3 amide bonds. The fourth-order valence-corrected chi connectivity index (χ4v) is 4.64. The molecule has 3 heterocycles. The third-order valence-corrected chi connectivity index (χ3v) is 6.41. The lowest BCUT2D eigenvalue weighted by molar-refractivity contribution is -0.137. The van der Waals surface area contributed by atoms with Crippen molar-refractivity contribution in [1.82, 2.24) is 15.1 Å². The molecule has 2 fully saturated rings. The maximum atomic E-state index is 12.9. The van der Waals surface area contributed by atoms with E-state index in [-0.39, 0.29) is 30.1 Å². The summed E-state index contributed by atoms with van der Waals surface area (Å²) in [4.78, 5) is 43.2. The molecule has 4 rings (SSSR count). The molecule has 0 saturated carbocycles. The number of piperazine rings is 1. The highest BCUT2D eigenvalue weighted by Gasteiger charge is 2.37. The molecule has 30 heavy (non-hydrogen) atoms. The Labute approximate surface area is 180 Å². The first kappa shape index (κ1) is 20.6. The van der Waals surface area contributed by atoms with Gasteiger partial charge in [-0.1, -0.05) is 18.2 Å². The Morgan fingerprint density at radius 3 is 2.53 bits per heavy atom. The third kappa shape index (κ3) is 4.71. The van der Waals surface area contributed by atoms with Crippen molar-refractivity contribution < 1.29 is 14.4 Å². The van der Waals surface area contributed by atoms with Gasteiger partial charge in [0.05, 0.1) is 5.92 Å². The lowest BCUT2D eigenvalue weighted by Gasteiger charge is -2.35. The maximum Gasteiger partial charge on any atom is 0.252 e. The Morgan fingerprint density at radius 2 is 1.83 bits per heavy atom. The van der Waals surface area contributed by atoms with Crippen LogP contribution in [0.25, 0.3) is 0 Å². The van der Waals surface area contributed by atoms with Crippen LogP contribution in [0.15, 0.2) is 47.2 Å². The summed E-state index contributed by atoms with van der Waals surface area (Å²) < 4.78 is 0. The van der Waals surface area contributed by atoms with Gasteiger partial charge in [-0.3, -0.25) is 19.3 Å². The number of benzene rings is 1. The number of para-hydroxylation sites is 1. The summed E-state index contributed by atoms with van der Waals surface area (Å²) in [6.07, 6.45) is 0.280. The number of amides is 3. The number of carbonyl (C=O) groups is 3. The topological polar surface area (TPSA) is 73.0 Å². The van der Waals surface area contributed by atoms with E-state index >= 15 is 0 Å². The number of nitrogens with zero attached hydrogens (tertiary/aromatic N) is 3. The predicted octanol–water partition coefficient (Wildman–Crippen LogP) is 1.68. The van der Waals surface area contributed by atoms with E-state index in [9.17, 15) is 14.4 Å². The summed E-state index contributed by atoms with van der Waals surface area (Å²) >= 11 is 1.51. The van der Waals surface area contributed by atoms with Gasteiger partial charge in [-0.15, -0.1) is 0 Å². The van der Waals surface area contributed by atoms with E-state index in [0.717, 1.165) is 25.3 Å². The van der Waals surface area contributed by atoms with E-state index in [2.05, 4.69) is 10.2 Å². The standard InChI is InChI=1S/C22H26N4O3S/c27-20-14-18(15-26(20)19-4-2-1-3-5-19)22(29)25-11-9-24(10-12-25)8-7-23-21(28)17-6-13-30-16-17/h1-6,13,16,18H,7-12,14-15H2,(H,23,28). The summed E-state index contributed by atoms with van der Waals surface area (Å²) in [5, 5.41) is 6.67. The van der Waals surface area contributed by atoms with Crippen LogP contribution in [0.3, 0.4) is 0 Å². The molecule has 1 atom stereocenters. The van der Waals surface area contributed by atoms with Gasteiger partial charge in [0.25, 0.3) is 5.91 Å². The van der Waals surface area contributed by atoms with Crippen molar-refractivity contribution in [2.75, 3.05) is 50.7 Å². The number of anilines is 1. The van der Waals surface area contributed by atoms with Crippen molar-refractivity contribution in [2.45, 2.75) is 6.42 Å². The van der Waals surface area contributed by atoms with Gasteiger partial charge in [0.2, 0.25) is 11.8 Å². The van der Waals surface area contributed by atoms with Crippen LogP contribution in [0.4, 0.5) is 5.69 Å². The zero-order valence-electron chi connectivity index (χ0n) is 16.8. The highest BCUT2D eigenvalue weighted by atomic mass is 32.1. The van der Waals surface area contributed by atoms with Gasteiger partial charge < -0.3 is 15.1 Å². The van der Waals surface area contributed by atoms with Crippen LogP contribution in [-0.4, -0.2) is 73.3 Å². The zero-order chi connectivity index (χ0) is 20.9. The first-order valence-corrected chi connectivity index (χ1v) is 11.2. The smallest absolute Gasteiger partial charge is 0.252 e. The van der Waals surface area contributed by atoms with Gasteiger partial charge in [0.15, 0.2) is 0 Å². The van der Waals surface area contributed by atoms with Gasteiger partial charge >= 0.3 is 0 Å². The number of hydrogen-bond donors (Lipinski definition) is 1. The Kier molecular flexibility index (Phi) is 6.44. The number of rotatable bonds is 6. The second kappa shape index (κ2) is 9.40. The Hall–Kier alpha value is -2.71. The molecule has 2 aromatic rings. The van der Waals surface area contributed by atoms with Crippen LogP contribution in [0, 0.1) is 5.92 Å². The van der Waals surface area contributed by atoms with Gasteiger partial charge in [-0.2, -0.15) is 11.3 Å². The van der Waals surface area contributed by atoms with E-state index in [1.165, 1.54) is 11.3 Å². The monoisotopic (exact) mass is 426 g/mol. The molecule has 8 heteroatoms. The van der Waals surface area contributed by atoms with E-state index < -0.39 is 0 Å². The highest BCUT2D eigenvalue weighted by molar-refractivity contribution is 7.08. The number of nitrogens with one attached hydrogen (secondary N) is 1. The van der Waals surface area contributed by atoms with Crippen molar-refractivity contribution in [3.8, 4) is 0 Å². The van der Waals surface area contributed by atoms with Crippen molar-refractivity contribution in [3.63, 3.8) is 0 Å².